The Balaban J connectivity index is 1.79. The van der Waals surface area contributed by atoms with E-state index in [0.29, 0.717) is 17.0 Å². The smallest absolute Gasteiger partial charge is 0.294 e. The number of rotatable bonds is 6. The van der Waals surface area contributed by atoms with Gasteiger partial charge in [-0.05, 0) is 54.0 Å². The maximum absolute atomic E-state index is 13.2. The highest BCUT2D eigenvalue weighted by Crippen LogP contribution is 2.41. The van der Waals surface area contributed by atoms with E-state index in [9.17, 15) is 14.7 Å². The van der Waals surface area contributed by atoms with Crippen LogP contribution >= 0.6 is 0 Å². The Hall–Kier alpha value is -4.12. The molecule has 1 aliphatic heterocycles. The number of ketones is 1. The first kappa shape index (κ1) is 21.1. The molecule has 0 saturated heterocycles. The molecule has 0 bridgehead atoms. The summed E-state index contributed by atoms with van der Waals surface area (Å²) in [7, 11) is 1.57. The molecular weight excluding hydrogens is 402 g/mol. The number of allylic oxidation sites excluding steroid dienone is 1. The highest BCUT2D eigenvalue weighted by atomic mass is 16.5. The van der Waals surface area contributed by atoms with Crippen molar-refractivity contribution in [1.29, 1.82) is 0 Å². The Kier molecular flexibility index (Phi) is 5.90. The lowest BCUT2D eigenvalue weighted by atomic mass is 9.95. The number of nitrogens with zero attached hydrogens (tertiary/aromatic N) is 1. The van der Waals surface area contributed by atoms with Crippen LogP contribution in [0.1, 0.15) is 22.7 Å². The number of aryl methyl sites for hydroxylation is 1. The van der Waals surface area contributed by atoms with E-state index < -0.39 is 23.5 Å². The third kappa shape index (κ3) is 4.05. The minimum atomic E-state index is -0.761. The molecule has 0 aliphatic carbocycles. The maximum atomic E-state index is 13.2. The average Bonchev–Trinajstić information content (AvgIpc) is 3.09. The third-order valence-electron chi connectivity index (χ3n) is 5.41. The van der Waals surface area contributed by atoms with Crippen LogP contribution in [0.4, 0.5) is 5.69 Å². The minimum absolute atomic E-state index is 0.0499. The number of hydrogen-bond acceptors (Lipinski definition) is 4. The molecule has 5 heteroatoms. The van der Waals surface area contributed by atoms with E-state index >= 15 is 0 Å². The van der Waals surface area contributed by atoms with Crippen LogP contribution in [0.3, 0.4) is 0 Å². The second kappa shape index (κ2) is 8.94. The van der Waals surface area contributed by atoms with Gasteiger partial charge in [0.25, 0.3) is 5.91 Å². The number of carbonyl (C=O) groups is 2. The molecule has 0 aromatic heterocycles. The summed E-state index contributed by atoms with van der Waals surface area (Å²) >= 11 is 0. The van der Waals surface area contributed by atoms with E-state index in [1.54, 1.807) is 43.5 Å². The van der Waals surface area contributed by atoms with E-state index in [4.69, 9.17) is 4.74 Å². The number of carbonyl (C=O) groups excluding carboxylic acids is 2. The van der Waals surface area contributed by atoms with Crippen LogP contribution in [0, 0.1) is 6.92 Å². The predicted molar refractivity (Wildman–Crippen MR) is 125 cm³/mol. The second-order valence-electron chi connectivity index (χ2n) is 7.56. The normalized spacial score (nSPS) is 16.1. The summed E-state index contributed by atoms with van der Waals surface area (Å²) in [5.41, 5.74) is 3.17. The first-order chi connectivity index (χ1) is 15.5. The van der Waals surface area contributed by atoms with Crippen LogP contribution < -0.4 is 9.64 Å². The minimum Gasteiger partial charge on any atom is -0.503 e. The molecule has 0 radical (unpaired) electrons. The summed E-state index contributed by atoms with van der Waals surface area (Å²) in [6.45, 7) is 1.92. The van der Waals surface area contributed by atoms with Crippen molar-refractivity contribution in [3.8, 4) is 5.75 Å². The van der Waals surface area contributed by atoms with Crippen LogP contribution in [0.25, 0.3) is 6.08 Å². The zero-order valence-electron chi connectivity index (χ0n) is 17.9. The molecule has 1 heterocycles. The lowest BCUT2D eigenvalue weighted by Crippen LogP contribution is -2.30. The van der Waals surface area contributed by atoms with Gasteiger partial charge in [-0.1, -0.05) is 60.7 Å². The van der Waals surface area contributed by atoms with Crippen LogP contribution in [0.2, 0.25) is 0 Å². The van der Waals surface area contributed by atoms with Gasteiger partial charge in [0.05, 0.1) is 18.7 Å². The Labute approximate surface area is 186 Å². The van der Waals surface area contributed by atoms with E-state index in [2.05, 4.69) is 0 Å². The molecule has 1 N–H and O–H groups in total. The average molecular weight is 425 g/mol. The maximum Gasteiger partial charge on any atom is 0.294 e. The quantitative estimate of drug-likeness (QED) is 0.552. The predicted octanol–water partition coefficient (Wildman–Crippen LogP) is 5.19. The fourth-order valence-electron chi connectivity index (χ4n) is 3.83. The number of benzene rings is 3. The number of amides is 1. The molecule has 1 atom stereocenters. The Bertz CT molecular complexity index is 1210. The zero-order chi connectivity index (χ0) is 22.7. The van der Waals surface area contributed by atoms with Gasteiger partial charge in [0, 0.05) is 5.69 Å². The number of aliphatic hydroxyl groups excluding tert-OH is 1. The van der Waals surface area contributed by atoms with Crippen molar-refractivity contribution in [2.75, 3.05) is 12.0 Å². The number of anilines is 1. The van der Waals surface area contributed by atoms with Crippen molar-refractivity contribution >= 4 is 23.5 Å². The third-order valence-corrected chi connectivity index (χ3v) is 5.41. The number of methoxy groups -OCH3 is 1. The number of hydrogen-bond donors (Lipinski definition) is 1. The van der Waals surface area contributed by atoms with Gasteiger partial charge in [-0.2, -0.15) is 0 Å². The highest BCUT2D eigenvalue weighted by Gasteiger charge is 2.43. The standard InChI is InChI=1S/C27H23NO4/c1-18-7-6-10-21(17-18)28-25(20-12-14-22(32-2)15-13-20)24(26(30)27(28)31)23(29)16-11-19-8-4-3-5-9-19/h3-17,25,30H,1-2H3/b16-11+/t25-/m0/s1. The summed E-state index contributed by atoms with van der Waals surface area (Å²) in [5, 5.41) is 10.8. The van der Waals surface area contributed by atoms with Gasteiger partial charge in [-0.3, -0.25) is 14.5 Å². The molecule has 1 amide bonds. The Morgan fingerprint density at radius 2 is 1.72 bits per heavy atom. The molecule has 3 aromatic rings. The lowest BCUT2D eigenvalue weighted by molar-refractivity contribution is -0.117. The van der Waals surface area contributed by atoms with Gasteiger partial charge in [-0.25, -0.2) is 0 Å². The Morgan fingerprint density at radius 1 is 1.00 bits per heavy atom. The molecular formula is C27H23NO4. The van der Waals surface area contributed by atoms with Crippen LogP contribution in [-0.4, -0.2) is 23.9 Å². The highest BCUT2D eigenvalue weighted by molar-refractivity contribution is 6.19. The van der Waals surface area contributed by atoms with Crippen molar-refractivity contribution in [3.63, 3.8) is 0 Å². The topological polar surface area (TPSA) is 66.8 Å². The summed E-state index contributed by atoms with van der Waals surface area (Å²) in [4.78, 5) is 27.8. The van der Waals surface area contributed by atoms with Crippen molar-refractivity contribution in [3.05, 3.63) is 113 Å². The largest absolute Gasteiger partial charge is 0.503 e. The van der Waals surface area contributed by atoms with Crippen molar-refractivity contribution in [2.24, 2.45) is 0 Å². The molecule has 1 aliphatic rings. The van der Waals surface area contributed by atoms with Crippen LogP contribution in [0.5, 0.6) is 5.75 Å². The molecule has 3 aromatic carbocycles. The molecule has 32 heavy (non-hydrogen) atoms. The summed E-state index contributed by atoms with van der Waals surface area (Å²) in [6, 6.07) is 23.2. The van der Waals surface area contributed by atoms with Crippen LogP contribution in [-0.2, 0) is 9.59 Å². The van der Waals surface area contributed by atoms with Gasteiger partial charge < -0.3 is 9.84 Å². The van der Waals surface area contributed by atoms with Crippen LogP contribution in [0.15, 0.2) is 96.3 Å². The number of ether oxygens (including phenoxy) is 1. The fourth-order valence-corrected chi connectivity index (χ4v) is 3.83. The van der Waals surface area contributed by atoms with Gasteiger partial charge in [-0.15, -0.1) is 0 Å². The summed E-state index contributed by atoms with van der Waals surface area (Å²) < 4.78 is 5.24. The monoisotopic (exact) mass is 425 g/mol. The zero-order valence-corrected chi connectivity index (χ0v) is 17.9. The van der Waals surface area contributed by atoms with Gasteiger partial charge >= 0.3 is 0 Å². The van der Waals surface area contributed by atoms with Gasteiger partial charge in [0.15, 0.2) is 11.5 Å². The van der Waals surface area contributed by atoms with Gasteiger partial charge in [0.1, 0.15) is 5.75 Å². The van der Waals surface area contributed by atoms with E-state index in [1.165, 1.54) is 11.0 Å². The van der Waals surface area contributed by atoms with E-state index in [1.807, 2.05) is 55.5 Å². The fraction of sp³-hybridized carbons (Fsp3) is 0.111. The second-order valence-corrected chi connectivity index (χ2v) is 7.56. The van der Waals surface area contributed by atoms with Crippen molar-refractivity contribution < 1.29 is 19.4 Å². The molecule has 0 unspecified atom stereocenters. The van der Waals surface area contributed by atoms with E-state index in [-0.39, 0.29) is 5.57 Å². The lowest BCUT2D eigenvalue weighted by Gasteiger charge is -2.27. The molecule has 5 nitrogen and oxygen atoms in total. The first-order valence-electron chi connectivity index (χ1n) is 10.2. The van der Waals surface area contributed by atoms with E-state index in [0.717, 1.165) is 11.1 Å². The molecule has 160 valence electrons. The summed E-state index contributed by atoms with van der Waals surface area (Å²) in [5.74, 6) is -0.899. The van der Waals surface area contributed by atoms with Crippen molar-refractivity contribution in [2.45, 2.75) is 13.0 Å². The number of aliphatic hydroxyl groups is 1. The molecule has 0 saturated carbocycles. The molecule has 0 fully saturated rings. The SMILES string of the molecule is COc1ccc([C@H]2C(C(=O)/C=C/c3ccccc3)=C(O)C(=O)N2c2cccc(C)c2)cc1. The first-order valence-corrected chi connectivity index (χ1v) is 10.2. The Morgan fingerprint density at radius 3 is 2.38 bits per heavy atom. The van der Waals surface area contributed by atoms with Gasteiger partial charge in [0.2, 0.25) is 0 Å². The summed E-state index contributed by atoms with van der Waals surface area (Å²) in [6.07, 6.45) is 3.07. The molecule has 4 rings (SSSR count). The van der Waals surface area contributed by atoms with Crippen molar-refractivity contribution in [1.82, 2.24) is 0 Å². The molecule has 0 spiro atoms.